The van der Waals surface area contributed by atoms with E-state index in [0.717, 1.165) is 22.6 Å². The van der Waals surface area contributed by atoms with Gasteiger partial charge in [0.2, 0.25) is 0 Å². The molecule has 102 valence electrons. The zero-order valence-corrected chi connectivity index (χ0v) is 12.8. The molecule has 0 aliphatic rings. The van der Waals surface area contributed by atoms with Crippen LogP contribution in [0.1, 0.15) is 24.1 Å². The molecule has 0 aliphatic heterocycles. The van der Waals surface area contributed by atoms with Crippen molar-refractivity contribution in [2.75, 3.05) is 6.54 Å². The van der Waals surface area contributed by atoms with Crippen LogP contribution >= 0.6 is 27.3 Å². The van der Waals surface area contributed by atoms with Gasteiger partial charge in [0, 0.05) is 22.0 Å². The molecule has 1 atom stereocenters. The summed E-state index contributed by atoms with van der Waals surface area (Å²) in [6, 6.07) is 3.71. The summed E-state index contributed by atoms with van der Waals surface area (Å²) in [6.45, 7) is 2.81. The summed E-state index contributed by atoms with van der Waals surface area (Å²) in [6.07, 6.45) is 0.553. The van der Waals surface area contributed by atoms with Gasteiger partial charge in [0.1, 0.15) is 11.6 Å². The highest BCUT2D eigenvalue weighted by Gasteiger charge is 2.16. The molecule has 19 heavy (non-hydrogen) atoms. The molecule has 1 unspecified atom stereocenters. The van der Waals surface area contributed by atoms with Crippen molar-refractivity contribution in [2.45, 2.75) is 19.4 Å². The summed E-state index contributed by atoms with van der Waals surface area (Å²) >= 11 is 5.10. The molecule has 0 radical (unpaired) electrons. The molecule has 0 amide bonds. The Morgan fingerprint density at radius 1 is 1.21 bits per heavy atom. The van der Waals surface area contributed by atoms with Crippen LogP contribution in [0, 0.1) is 11.6 Å². The molecule has 0 bridgehead atoms. The van der Waals surface area contributed by atoms with Gasteiger partial charge in [-0.2, -0.15) is 11.3 Å². The average Bonchev–Trinajstić information content (AvgIpc) is 2.73. The third-order valence-electron chi connectivity index (χ3n) is 2.83. The van der Waals surface area contributed by atoms with Crippen molar-refractivity contribution in [3.05, 3.63) is 56.2 Å². The maximum absolute atomic E-state index is 13.2. The standard InChI is InChI=1S/C14H14BrF2NS/c1-2-18-14(12-7-19-8-13(12)15)5-9-3-10(16)6-11(17)4-9/h3-4,6-8,14,18H,2,5H2,1H3. The largest absolute Gasteiger partial charge is 0.310 e. The summed E-state index contributed by atoms with van der Waals surface area (Å²) in [7, 11) is 0. The van der Waals surface area contributed by atoms with Crippen molar-refractivity contribution in [3.8, 4) is 0 Å². The van der Waals surface area contributed by atoms with Gasteiger partial charge >= 0.3 is 0 Å². The van der Waals surface area contributed by atoms with Crippen molar-refractivity contribution in [1.82, 2.24) is 5.32 Å². The van der Waals surface area contributed by atoms with Crippen LogP contribution in [0.2, 0.25) is 0 Å². The van der Waals surface area contributed by atoms with E-state index in [9.17, 15) is 8.78 Å². The third kappa shape index (κ3) is 3.84. The minimum atomic E-state index is -0.533. The zero-order chi connectivity index (χ0) is 13.8. The second-order valence-corrected chi connectivity index (χ2v) is 5.87. The summed E-state index contributed by atoms with van der Waals surface area (Å²) in [5.41, 5.74) is 1.78. The van der Waals surface area contributed by atoms with Crippen molar-refractivity contribution < 1.29 is 8.78 Å². The molecule has 1 N–H and O–H groups in total. The number of nitrogens with one attached hydrogen (secondary N) is 1. The predicted molar refractivity (Wildman–Crippen MR) is 78.5 cm³/mol. The molecule has 1 aromatic carbocycles. The van der Waals surface area contributed by atoms with Crippen LogP contribution in [0.4, 0.5) is 8.78 Å². The molecule has 0 saturated carbocycles. The van der Waals surface area contributed by atoms with E-state index in [4.69, 9.17) is 0 Å². The maximum atomic E-state index is 13.2. The maximum Gasteiger partial charge on any atom is 0.126 e. The Morgan fingerprint density at radius 2 is 1.89 bits per heavy atom. The van der Waals surface area contributed by atoms with Gasteiger partial charge in [0.25, 0.3) is 0 Å². The van der Waals surface area contributed by atoms with E-state index in [1.165, 1.54) is 12.1 Å². The third-order valence-corrected chi connectivity index (χ3v) is 4.58. The topological polar surface area (TPSA) is 12.0 Å². The molecular weight excluding hydrogens is 332 g/mol. The molecule has 0 saturated heterocycles. The number of benzene rings is 1. The van der Waals surface area contributed by atoms with Crippen LogP contribution < -0.4 is 5.32 Å². The van der Waals surface area contributed by atoms with E-state index >= 15 is 0 Å². The van der Waals surface area contributed by atoms with Gasteiger partial charge in [-0.3, -0.25) is 0 Å². The van der Waals surface area contributed by atoms with E-state index in [-0.39, 0.29) is 6.04 Å². The molecule has 2 rings (SSSR count). The number of likely N-dealkylation sites (N-methyl/N-ethyl adjacent to an activating group) is 1. The van der Waals surface area contributed by atoms with E-state index in [1.807, 2.05) is 17.7 Å². The number of rotatable bonds is 5. The zero-order valence-electron chi connectivity index (χ0n) is 10.4. The van der Waals surface area contributed by atoms with Gasteiger partial charge in [0.05, 0.1) is 0 Å². The van der Waals surface area contributed by atoms with Crippen LogP contribution in [0.15, 0.2) is 33.4 Å². The lowest BCUT2D eigenvalue weighted by Crippen LogP contribution is -2.23. The second-order valence-electron chi connectivity index (χ2n) is 4.27. The number of hydrogen-bond acceptors (Lipinski definition) is 2. The van der Waals surface area contributed by atoms with Crippen LogP contribution in [0.5, 0.6) is 0 Å². The highest BCUT2D eigenvalue weighted by atomic mass is 79.9. The van der Waals surface area contributed by atoms with Crippen LogP contribution in [-0.2, 0) is 6.42 Å². The molecule has 2 aromatic rings. The van der Waals surface area contributed by atoms with Crippen molar-refractivity contribution in [3.63, 3.8) is 0 Å². The molecule has 5 heteroatoms. The van der Waals surface area contributed by atoms with Crippen molar-refractivity contribution in [2.24, 2.45) is 0 Å². The Hall–Kier alpha value is -0.780. The predicted octanol–water partition coefficient (Wildman–Crippen LogP) is 4.68. The van der Waals surface area contributed by atoms with Crippen LogP contribution in [0.25, 0.3) is 0 Å². The van der Waals surface area contributed by atoms with Crippen LogP contribution in [0.3, 0.4) is 0 Å². The van der Waals surface area contributed by atoms with Gasteiger partial charge < -0.3 is 5.32 Å². The Bertz CT molecular complexity index is 536. The monoisotopic (exact) mass is 345 g/mol. The Morgan fingerprint density at radius 3 is 2.42 bits per heavy atom. The van der Waals surface area contributed by atoms with Crippen molar-refractivity contribution >= 4 is 27.3 Å². The molecule has 0 spiro atoms. The lowest BCUT2D eigenvalue weighted by Gasteiger charge is -2.18. The van der Waals surface area contributed by atoms with Gasteiger partial charge in [-0.05, 0) is 57.5 Å². The molecule has 1 aromatic heterocycles. The van der Waals surface area contributed by atoms with Gasteiger partial charge in [-0.15, -0.1) is 0 Å². The minimum absolute atomic E-state index is 0.0480. The fourth-order valence-electron chi connectivity index (χ4n) is 2.04. The van der Waals surface area contributed by atoms with E-state index in [0.29, 0.717) is 12.0 Å². The lowest BCUT2D eigenvalue weighted by atomic mass is 10.0. The molecule has 1 heterocycles. The van der Waals surface area contributed by atoms with Gasteiger partial charge in [-0.1, -0.05) is 6.92 Å². The quantitative estimate of drug-likeness (QED) is 0.829. The lowest BCUT2D eigenvalue weighted by molar-refractivity contribution is 0.539. The number of thiophene rings is 1. The van der Waals surface area contributed by atoms with E-state index < -0.39 is 11.6 Å². The van der Waals surface area contributed by atoms with E-state index in [1.54, 1.807) is 11.3 Å². The smallest absolute Gasteiger partial charge is 0.126 e. The summed E-state index contributed by atoms with van der Waals surface area (Å²) in [4.78, 5) is 0. The SMILES string of the molecule is CCNC(Cc1cc(F)cc(F)c1)c1cscc1Br. The van der Waals surface area contributed by atoms with Crippen LogP contribution in [-0.4, -0.2) is 6.54 Å². The first-order chi connectivity index (χ1) is 9.10. The summed E-state index contributed by atoms with van der Waals surface area (Å²) in [5.74, 6) is -1.07. The number of hydrogen-bond donors (Lipinski definition) is 1. The van der Waals surface area contributed by atoms with Gasteiger partial charge in [0.15, 0.2) is 0 Å². The van der Waals surface area contributed by atoms with E-state index in [2.05, 4.69) is 21.2 Å². The Kier molecular flexibility index (Phi) is 5.07. The first-order valence-electron chi connectivity index (χ1n) is 6.00. The Balaban J connectivity index is 2.23. The highest BCUT2D eigenvalue weighted by molar-refractivity contribution is 9.10. The fourth-order valence-corrected chi connectivity index (χ4v) is 3.67. The molecule has 0 fully saturated rings. The van der Waals surface area contributed by atoms with Gasteiger partial charge in [-0.25, -0.2) is 8.78 Å². The first-order valence-corrected chi connectivity index (χ1v) is 7.73. The highest BCUT2D eigenvalue weighted by Crippen LogP contribution is 2.29. The first kappa shape index (κ1) is 14.6. The summed E-state index contributed by atoms with van der Waals surface area (Å²) in [5, 5.41) is 7.40. The fraction of sp³-hybridized carbons (Fsp3) is 0.286. The normalized spacial score (nSPS) is 12.6. The molecule has 1 nitrogen and oxygen atoms in total. The average molecular weight is 346 g/mol. The second kappa shape index (κ2) is 6.59. The molecular formula is C14H14BrF2NS. The number of halogens is 3. The Labute approximate surface area is 123 Å². The van der Waals surface area contributed by atoms with Crippen molar-refractivity contribution in [1.29, 1.82) is 0 Å². The summed E-state index contributed by atoms with van der Waals surface area (Å²) < 4.78 is 27.5. The molecule has 0 aliphatic carbocycles. The minimum Gasteiger partial charge on any atom is -0.310 e.